The van der Waals surface area contributed by atoms with Crippen LogP contribution in [0.4, 0.5) is 0 Å². The summed E-state index contributed by atoms with van der Waals surface area (Å²) in [6.45, 7) is 1.78. The van der Waals surface area contributed by atoms with Crippen LogP contribution in [0.25, 0.3) is 0 Å². The third kappa shape index (κ3) is 3.01. The largest absolute Gasteiger partial charge is 0.493 e. The van der Waals surface area contributed by atoms with Crippen LogP contribution < -0.4 is 9.47 Å². The Morgan fingerprint density at radius 3 is 2.14 bits per heavy atom. The fourth-order valence-corrected chi connectivity index (χ4v) is 4.49. The topological polar surface area (TPSA) is 55.8 Å². The lowest BCUT2D eigenvalue weighted by atomic mass is 10.2. The van der Waals surface area contributed by atoms with Crippen LogP contribution >= 0.6 is 0 Å². The Morgan fingerprint density at radius 1 is 1.10 bits per heavy atom. The molecule has 5 nitrogen and oxygen atoms in total. The number of ether oxygens (including phenoxy) is 2. The van der Waals surface area contributed by atoms with Crippen LogP contribution in [-0.2, 0) is 10.0 Å². The van der Waals surface area contributed by atoms with Crippen molar-refractivity contribution >= 4 is 10.0 Å². The Balaban J connectivity index is 2.44. The van der Waals surface area contributed by atoms with E-state index in [1.807, 2.05) is 0 Å². The molecule has 2 rings (SSSR count). The summed E-state index contributed by atoms with van der Waals surface area (Å²) in [4.78, 5) is 0.287. The predicted molar refractivity (Wildman–Crippen MR) is 81.5 cm³/mol. The zero-order valence-corrected chi connectivity index (χ0v) is 13.9. The van der Waals surface area contributed by atoms with E-state index in [-0.39, 0.29) is 10.9 Å². The third-order valence-corrected chi connectivity index (χ3v) is 6.23. The highest BCUT2D eigenvalue weighted by molar-refractivity contribution is 7.89. The predicted octanol–water partition coefficient (Wildman–Crippen LogP) is 2.58. The number of nitrogens with zero attached hydrogens (tertiary/aromatic N) is 1. The molecule has 0 aromatic heterocycles. The summed E-state index contributed by atoms with van der Waals surface area (Å²) in [5.74, 6) is 0.971. The van der Waals surface area contributed by atoms with Gasteiger partial charge in [-0.1, -0.05) is 12.8 Å². The number of methoxy groups -OCH3 is 2. The molecule has 21 heavy (non-hydrogen) atoms. The summed E-state index contributed by atoms with van der Waals surface area (Å²) in [6, 6.07) is 3.35. The first kappa shape index (κ1) is 16.1. The molecule has 0 unspecified atom stereocenters. The number of hydrogen-bond donors (Lipinski definition) is 0. The Morgan fingerprint density at radius 2 is 1.62 bits per heavy atom. The lowest BCUT2D eigenvalue weighted by Gasteiger charge is -2.25. The van der Waals surface area contributed by atoms with Crippen molar-refractivity contribution in [1.29, 1.82) is 0 Å². The Hall–Kier alpha value is -1.27. The quantitative estimate of drug-likeness (QED) is 0.838. The summed E-state index contributed by atoms with van der Waals surface area (Å²) in [5, 5.41) is 0. The summed E-state index contributed by atoms with van der Waals surface area (Å²) in [5.41, 5.74) is 0.664. The van der Waals surface area contributed by atoms with E-state index < -0.39 is 10.0 Å². The molecule has 0 amide bonds. The molecule has 1 aromatic rings. The molecule has 1 aliphatic rings. The van der Waals surface area contributed by atoms with E-state index in [1.54, 1.807) is 26.1 Å². The van der Waals surface area contributed by atoms with Crippen molar-refractivity contribution in [3.63, 3.8) is 0 Å². The third-order valence-electron chi connectivity index (χ3n) is 4.18. The molecule has 0 saturated heterocycles. The highest BCUT2D eigenvalue weighted by Gasteiger charge is 2.31. The summed E-state index contributed by atoms with van der Waals surface area (Å²) < 4.78 is 37.6. The second kappa shape index (κ2) is 6.23. The maximum Gasteiger partial charge on any atom is 0.243 e. The van der Waals surface area contributed by atoms with E-state index in [9.17, 15) is 8.42 Å². The fourth-order valence-electron chi connectivity index (χ4n) is 2.86. The molecule has 6 heteroatoms. The smallest absolute Gasteiger partial charge is 0.243 e. The van der Waals surface area contributed by atoms with Gasteiger partial charge in [-0.05, 0) is 31.4 Å². The number of sulfonamides is 1. The normalized spacial score (nSPS) is 16.4. The van der Waals surface area contributed by atoms with Gasteiger partial charge in [-0.25, -0.2) is 8.42 Å². The molecule has 0 spiro atoms. The summed E-state index contributed by atoms with van der Waals surface area (Å²) >= 11 is 0. The van der Waals surface area contributed by atoms with Crippen molar-refractivity contribution in [2.45, 2.75) is 43.5 Å². The molecule has 118 valence electrons. The van der Waals surface area contributed by atoms with E-state index in [2.05, 4.69) is 0 Å². The van der Waals surface area contributed by atoms with Gasteiger partial charge in [0.2, 0.25) is 10.0 Å². The lowest BCUT2D eigenvalue weighted by Crippen LogP contribution is -2.35. The van der Waals surface area contributed by atoms with Crippen molar-refractivity contribution in [1.82, 2.24) is 4.31 Å². The maximum absolute atomic E-state index is 12.8. The molecular formula is C15H23NO4S. The van der Waals surface area contributed by atoms with Gasteiger partial charge in [0.05, 0.1) is 19.1 Å². The van der Waals surface area contributed by atoms with Crippen molar-refractivity contribution in [3.05, 3.63) is 17.7 Å². The van der Waals surface area contributed by atoms with E-state index in [0.29, 0.717) is 17.1 Å². The number of rotatable bonds is 5. The zero-order chi connectivity index (χ0) is 15.6. The molecule has 0 bridgehead atoms. The molecule has 1 aliphatic carbocycles. The van der Waals surface area contributed by atoms with Gasteiger partial charge in [-0.2, -0.15) is 4.31 Å². The average molecular weight is 313 g/mol. The van der Waals surface area contributed by atoms with Crippen LogP contribution in [0.3, 0.4) is 0 Å². The first-order chi connectivity index (χ1) is 9.91. The second-order valence-corrected chi connectivity index (χ2v) is 7.40. The first-order valence-electron chi connectivity index (χ1n) is 7.12. The van der Waals surface area contributed by atoms with Crippen LogP contribution in [0, 0.1) is 6.92 Å². The minimum absolute atomic E-state index is 0.0995. The summed E-state index contributed by atoms with van der Waals surface area (Å²) in [6.07, 6.45) is 4.05. The Labute approximate surface area is 126 Å². The van der Waals surface area contributed by atoms with Gasteiger partial charge in [-0.3, -0.25) is 0 Å². The lowest BCUT2D eigenvalue weighted by molar-refractivity contribution is 0.352. The minimum atomic E-state index is -3.51. The molecule has 0 heterocycles. The molecule has 0 radical (unpaired) electrons. The van der Waals surface area contributed by atoms with E-state index in [0.717, 1.165) is 25.7 Å². The minimum Gasteiger partial charge on any atom is -0.493 e. The van der Waals surface area contributed by atoms with Crippen LogP contribution in [0.15, 0.2) is 17.0 Å². The molecular weight excluding hydrogens is 290 g/mol. The first-order valence-corrected chi connectivity index (χ1v) is 8.56. The van der Waals surface area contributed by atoms with Gasteiger partial charge in [0.1, 0.15) is 0 Å². The monoisotopic (exact) mass is 313 g/mol. The van der Waals surface area contributed by atoms with E-state index in [4.69, 9.17) is 9.47 Å². The van der Waals surface area contributed by atoms with Crippen molar-refractivity contribution in [2.24, 2.45) is 0 Å². The second-order valence-electron chi connectivity index (χ2n) is 5.43. The van der Waals surface area contributed by atoms with Crippen LogP contribution in [0.1, 0.15) is 31.2 Å². The van der Waals surface area contributed by atoms with Gasteiger partial charge in [-0.15, -0.1) is 0 Å². The van der Waals surface area contributed by atoms with Crippen molar-refractivity contribution in [3.8, 4) is 11.5 Å². The maximum atomic E-state index is 12.8. The average Bonchev–Trinajstić information content (AvgIpc) is 2.99. The van der Waals surface area contributed by atoms with Gasteiger partial charge in [0.15, 0.2) is 11.5 Å². The number of aryl methyl sites for hydroxylation is 1. The number of hydrogen-bond acceptors (Lipinski definition) is 4. The van der Waals surface area contributed by atoms with E-state index in [1.165, 1.54) is 18.5 Å². The van der Waals surface area contributed by atoms with Gasteiger partial charge < -0.3 is 9.47 Å². The molecule has 1 aromatic carbocycles. The molecule has 0 atom stereocenters. The molecule has 0 N–H and O–H groups in total. The Kier molecular flexibility index (Phi) is 4.78. The fraction of sp³-hybridized carbons (Fsp3) is 0.600. The van der Waals surface area contributed by atoms with Crippen molar-refractivity contribution < 1.29 is 17.9 Å². The SMILES string of the molecule is COc1cc(C)c(S(=O)(=O)N(C)C2CCCC2)cc1OC. The standard InChI is InChI=1S/C15H23NO4S/c1-11-9-13(19-3)14(20-4)10-15(11)21(17,18)16(2)12-7-5-6-8-12/h9-10,12H,5-8H2,1-4H3. The van der Waals surface area contributed by atoms with Crippen LogP contribution in [0.5, 0.6) is 11.5 Å². The van der Waals surface area contributed by atoms with Gasteiger partial charge >= 0.3 is 0 Å². The van der Waals surface area contributed by atoms with E-state index >= 15 is 0 Å². The zero-order valence-electron chi connectivity index (χ0n) is 13.0. The molecule has 1 saturated carbocycles. The van der Waals surface area contributed by atoms with Crippen LogP contribution in [-0.4, -0.2) is 40.0 Å². The van der Waals surface area contributed by atoms with Gasteiger partial charge in [0, 0.05) is 19.2 Å². The van der Waals surface area contributed by atoms with Gasteiger partial charge in [0.25, 0.3) is 0 Å². The highest BCUT2D eigenvalue weighted by atomic mass is 32.2. The highest BCUT2D eigenvalue weighted by Crippen LogP contribution is 2.35. The molecule has 1 fully saturated rings. The Bertz CT molecular complexity index is 606. The van der Waals surface area contributed by atoms with Crippen molar-refractivity contribution in [2.75, 3.05) is 21.3 Å². The van der Waals surface area contributed by atoms with Crippen LogP contribution in [0.2, 0.25) is 0 Å². The number of benzene rings is 1. The molecule has 0 aliphatic heterocycles. The summed E-state index contributed by atoms with van der Waals surface area (Å²) in [7, 11) is 1.20.